The van der Waals surface area contributed by atoms with Crippen LogP contribution in [0.1, 0.15) is 52.1 Å². The van der Waals surface area contributed by atoms with Crippen LogP contribution in [0, 0.1) is 0 Å². The Hall–Kier alpha value is -2.30. The zero-order valence-corrected chi connectivity index (χ0v) is 16.1. The van der Waals surface area contributed by atoms with Gasteiger partial charge in [0.15, 0.2) is 11.6 Å². The molecule has 2 aromatic heterocycles. The van der Waals surface area contributed by atoms with Gasteiger partial charge < -0.3 is 14.8 Å². The van der Waals surface area contributed by atoms with E-state index in [1.165, 1.54) is 0 Å². The van der Waals surface area contributed by atoms with Crippen LogP contribution in [0.15, 0.2) is 24.3 Å². The Morgan fingerprint density at radius 1 is 1.04 bits per heavy atom. The molecule has 0 saturated heterocycles. The maximum atomic E-state index is 6.06. The first-order valence-electron chi connectivity index (χ1n) is 8.94. The summed E-state index contributed by atoms with van der Waals surface area (Å²) < 4.78 is 11.6. The van der Waals surface area contributed by atoms with Crippen molar-refractivity contribution in [3.8, 4) is 22.9 Å². The second-order valence-corrected chi connectivity index (χ2v) is 6.30. The van der Waals surface area contributed by atoms with E-state index >= 15 is 0 Å². The molecule has 0 radical (unpaired) electrons. The number of ether oxygens (including phenoxy) is 2. The van der Waals surface area contributed by atoms with E-state index in [0.717, 1.165) is 41.4 Å². The monoisotopic (exact) mass is 343 g/mol. The fourth-order valence-corrected chi connectivity index (χ4v) is 2.63. The lowest BCUT2D eigenvalue weighted by atomic mass is 10.1. The number of nitrogens with zero attached hydrogens (tertiary/aromatic N) is 2. The van der Waals surface area contributed by atoms with Crippen molar-refractivity contribution in [3.05, 3.63) is 30.0 Å². The van der Waals surface area contributed by atoms with E-state index in [9.17, 15) is 0 Å². The summed E-state index contributed by atoms with van der Waals surface area (Å²) in [7, 11) is 3.49. The zero-order chi connectivity index (χ0) is 18.4. The summed E-state index contributed by atoms with van der Waals surface area (Å²) in [5, 5.41) is 3.13. The smallest absolute Gasteiger partial charge is 0.222 e. The van der Waals surface area contributed by atoms with Gasteiger partial charge in [-0.05, 0) is 43.0 Å². The maximum Gasteiger partial charge on any atom is 0.222 e. The van der Waals surface area contributed by atoms with Gasteiger partial charge in [0.25, 0.3) is 0 Å². The fraction of sp³-hybridized carbons (Fsp3) is 0.500. The summed E-state index contributed by atoms with van der Waals surface area (Å²) >= 11 is 0. The number of hydrogen-bond donors (Lipinski definition) is 1. The minimum absolute atomic E-state index is 0.196. The van der Waals surface area contributed by atoms with Crippen molar-refractivity contribution in [2.24, 2.45) is 0 Å². The van der Waals surface area contributed by atoms with Gasteiger partial charge in [-0.1, -0.05) is 27.7 Å². The first-order chi connectivity index (χ1) is 12.0. The molecule has 136 valence electrons. The van der Waals surface area contributed by atoms with Gasteiger partial charge in [-0.3, -0.25) is 0 Å². The van der Waals surface area contributed by atoms with Crippen LogP contribution in [-0.2, 0) is 0 Å². The second-order valence-electron chi connectivity index (χ2n) is 6.30. The Morgan fingerprint density at radius 2 is 1.76 bits per heavy atom. The molecule has 0 fully saturated rings. The van der Waals surface area contributed by atoms with Crippen LogP contribution in [0.4, 0.5) is 5.82 Å². The van der Waals surface area contributed by atoms with Gasteiger partial charge in [0, 0.05) is 12.7 Å². The Balaban J connectivity index is 2.40. The van der Waals surface area contributed by atoms with Gasteiger partial charge in [-0.25, -0.2) is 9.97 Å². The molecule has 0 atom stereocenters. The van der Waals surface area contributed by atoms with Crippen LogP contribution < -0.4 is 14.8 Å². The normalized spacial score (nSPS) is 11.0. The number of hydrogen-bond acceptors (Lipinski definition) is 5. The quantitative estimate of drug-likeness (QED) is 0.740. The van der Waals surface area contributed by atoms with Crippen molar-refractivity contribution in [1.82, 2.24) is 9.97 Å². The van der Waals surface area contributed by atoms with E-state index in [2.05, 4.69) is 38.0 Å². The highest BCUT2D eigenvalue weighted by Crippen LogP contribution is 2.33. The fourth-order valence-electron chi connectivity index (χ4n) is 2.63. The van der Waals surface area contributed by atoms with Crippen LogP contribution in [0.3, 0.4) is 0 Å². The van der Waals surface area contributed by atoms with E-state index in [4.69, 9.17) is 14.5 Å². The maximum absolute atomic E-state index is 6.06. The lowest BCUT2D eigenvalue weighted by molar-refractivity contribution is 0.193. The molecule has 0 aliphatic carbocycles. The minimum Gasteiger partial charge on any atom is -0.487 e. The average molecular weight is 343 g/mol. The molecule has 2 heterocycles. The number of anilines is 1. The molecule has 5 heteroatoms. The molecule has 0 spiro atoms. The van der Waals surface area contributed by atoms with Crippen molar-refractivity contribution in [2.45, 2.75) is 52.6 Å². The largest absolute Gasteiger partial charge is 0.487 e. The van der Waals surface area contributed by atoms with Gasteiger partial charge in [0.2, 0.25) is 5.88 Å². The lowest BCUT2D eigenvalue weighted by Gasteiger charge is -2.18. The highest BCUT2D eigenvalue weighted by molar-refractivity contribution is 5.68. The van der Waals surface area contributed by atoms with Crippen molar-refractivity contribution < 1.29 is 9.47 Å². The highest BCUT2D eigenvalue weighted by atomic mass is 16.5. The van der Waals surface area contributed by atoms with Crippen LogP contribution in [-0.4, -0.2) is 30.2 Å². The molecule has 2 aromatic rings. The molecular weight excluding hydrogens is 314 g/mol. The summed E-state index contributed by atoms with van der Waals surface area (Å²) in [6.45, 7) is 8.48. The van der Waals surface area contributed by atoms with Gasteiger partial charge >= 0.3 is 0 Å². The van der Waals surface area contributed by atoms with Gasteiger partial charge in [0.1, 0.15) is 0 Å². The molecule has 0 aliphatic rings. The number of methoxy groups -OCH3 is 1. The average Bonchev–Trinajstić information content (AvgIpc) is 2.65. The molecule has 2 rings (SSSR count). The molecule has 0 aliphatic heterocycles. The zero-order valence-electron chi connectivity index (χ0n) is 16.1. The molecule has 1 N–H and O–H groups in total. The van der Waals surface area contributed by atoms with Crippen LogP contribution in [0.2, 0.25) is 0 Å². The predicted octanol–water partition coefficient (Wildman–Crippen LogP) is 4.88. The Bertz CT molecular complexity index is 697. The minimum atomic E-state index is 0.196. The topological polar surface area (TPSA) is 56.3 Å². The molecule has 25 heavy (non-hydrogen) atoms. The molecular formula is C20H29N3O2. The molecule has 0 amide bonds. The molecule has 0 saturated carbocycles. The SMILES string of the molecule is CCC(CC)Oc1ccc(-c2ccc(C(C)C)nc2OC)nc1NC. The van der Waals surface area contributed by atoms with E-state index in [1.54, 1.807) is 7.11 Å². The summed E-state index contributed by atoms with van der Waals surface area (Å²) in [6, 6.07) is 7.96. The number of nitrogens with one attached hydrogen (secondary N) is 1. The first-order valence-corrected chi connectivity index (χ1v) is 8.94. The number of aromatic nitrogens is 2. The Kier molecular flexibility index (Phi) is 6.62. The third-order valence-corrected chi connectivity index (χ3v) is 4.24. The first kappa shape index (κ1) is 19.0. The molecule has 0 bridgehead atoms. The summed E-state index contributed by atoms with van der Waals surface area (Å²) in [6.07, 6.45) is 2.13. The standard InChI is InChI=1S/C20H29N3O2/c1-7-14(8-2)25-18-12-11-17(22-19(18)21-5)15-9-10-16(13(3)4)23-20(15)24-6/h9-14H,7-8H2,1-6H3,(H,21,22). The summed E-state index contributed by atoms with van der Waals surface area (Å²) in [5.74, 6) is 2.43. The van der Waals surface area contributed by atoms with Gasteiger partial charge in [-0.2, -0.15) is 0 Å². The third-order valence-electron chi connectivity index (χ3n) is 4.24. The predicted molar refractivity (Wildman–Crippen MR) is 103 cm³/mol. The van der Waals surface area contributed by atoms with Crippen molar-refractivity contribution in [1.29, 1.82) is 0 Å². The van der Waals surface area contributed by atoms with Gasteiger partial charge in [0.05, 0.1) is 24.5 Å². The van der Waals surface area contributed by atoms with Crippen molar-refractivity contribution in [3.63, 3.8) is 0 Å². The van der Waals surface area contributed by atoms with E-state index in [0.29, 0.717) is 11.8 Å². The summed E-state index contributed by atoms with van der Waals surface area (Å²) in [4.78, 5) is 9.32. The second kappa shape index (κ2) is 8.70. The molecule has 0 unspecified atom stereocenters. The van der Waals surface area contributed by atoms with Crippen molar-refractivity contribution in [2.75, 3.05) is 19.5 Å². The third kappa shape index (κ3) is 4.41. The summed E-state index contributed by atoms with van der Waals surface area (Å²) in [5.41, 5.74) is 2.68. The van der Waals surface area contributed by atoms with Crippen LogP contribution >= 0.6 is 0 Å². The van der Waals surface area contributed by atoms with E-state index in [1.807, 2.05) is 31.3 Å². The Labute approximate surface area is 150 Å². The highest BCUT2D eigenvalue weighted by Gasteiger charge is 2.15. The van der Waals surface area contributed by atoms with E-state index in [-0.39, 0.29) is 6.10 Å². The van der Waals surface area contributed by atoms with Crippen LogP contribution in [0.5, 0.6) is 11.6 Å². The number of pyridine rings is 2. The molecule has 0 aromatic carbocycles. The lowest BCUT2D eigenvalue weighted by Crippen LogP contribution is -2.15. The molecule has 5 nitrogen and oxygen atoms in total. The Morgan fingerprint density at radius 3 is 2.32 bits per heavy atom. The van der Waals surface area contributed by atoms with Crippen molar-refractivity contribution >= 4 is 5.82 Å². The van der Waals surface area contributed by atoms with E-state index < -0.39 is 0 Å². The van der Waals surface area contributed by atoms with Crippen LogP contribution in [0.25, 0.3) is 11.3 Å². The number of rotatable bonds is 8. The van der Waals surface area contributed by atoms with Gasteiger partial charge in [-0.15, -0.1) is 0 Å².